The fourth-order valence-corrected chi connectivity index (χ4v) is 4.43. The van der Waals surface area contributed by atoms with E-state index in [1.165, 1.54) is 24.1 Å². The summed E-state index contributed by atoms with van der Waals surface area (Å²) in [7, 11) is 0. The Hall–Kier alpha value is -2.33. The lowest BCUT2D eigenvalue weighted by Crippen LogP contribution is -2.46. The highest BCUT2D eigenvalue weighted by atomic mass is 16.1. The topological polar surface area (TPSA) is 26.8 Å². The van der Waals surface area contributed by atoms with Crippen LogP contribution in [0, 0.1) is 0 Å². The molecule has 2 saturated heterocycles. The third-order valence-electron chi connectivity index (χ3n) is 6.31. The largest absolute Gasteiger partial charge is 0.369 e. The Kier molecular flexibility index (Phi) is 6.19. The van der Waals surface area contributed by atoms with Crippen molar-refractivity contribution < 1.29 is 0 Å². The van der Waals surface area contributed by atoms with Crippen LogP contribution in [0.4, 0.5) is 11.4 Å². The van der Waals surface area contributed by atoms with E-state index in [1.54, 1.807) is 0 Å². The van der Waals surface area contributed by atoms with Gasteiger partial charge in [0.15, 0.2) is 0 Å². The molecule has 0 N–H and O–H groups in total. The third kappa shape index (κ3) is 4.64. The van der Waals surface area contributed by atoms with Crippen molar-refractivity contribution in [1.82, 2.24) is 4.90 Å². The summed E-state index contributed by atoms with van der Waals surface area (Å²) in [6.45, 7) is 11.2. The monoisotopic (exact) mass is 391 g/mol. The molecule has 2 aromatic rings. The van der Waals surface area contributed by atoms with Gasteiger partial charge in [0.1, 0.15) is 0 Å². The van der Waals surface area contributed by atoms with Crippen LogP contribution in [-0.2, 0) is 6.54 Å². The Bertz CT molecular complexity index is 867. The molecule has 0 spiro atoms. The van der Waals surface area contributed by atoms with Crippen LogP contribution < -0.4 is 15.2 Å². The van der Waals surface area contributed by atoms with Gasteiger partial charge in [-0.1, -0.05) is 44.2 Å². The summed E-state index contributed by atoms with van der Waals surface area (Å²) in [5.74, 6) is 0.422. The molecule has 0 unspecified atom stereocenters. The number of anilines is 2. The van der Waals surface area contributed by atoms with Crippen molar-refractivity contribution in [1.29, 1.82) is 0 Å². The minimum Gasteiger partial charge on any atom is -0.369 e. The van der Waals surface area contributed by atoms with Gasteiger partial charge in [-0.05, 0) is 42.5 Å². The highest BCUT2D eigenvalue weighted by Crippen LogP contribution is 2.23. The molecule has 4 nitrogen and oxygen atoms in total. The Morgan fingerprint density at radius 3 is 2.17 bits per heavy atom. The summed E-state index contributed by atoms with van der Waals surface area (Å²) in [6.07, 6.45) is 2.37. The van der Waals surface area contributed by atoms with Gasteiger partial charge in [0.25, 0.3) is 0 Å². The second kappa shape index (κ2) is 9.00. The zero-order chi connectivity index (χ0) is 20.2. The zero-order valence-electron chi connectivity index (χ0n) is 17.8. The molecule has 0 radical (unpaired) electrons. The molecule has 2 aromatic carbocycles. The van der Waals surface area contributed by atoms with Crippen molar-refractivity contribution >= 4 is 11.4 Å². The number of benzene rings is 1. The summed E-state index contributed by atoms with van der Waals surface area (Å²) in [4.78, 5) is 20.6. The van der Waals surface area contributed by atoms with Gasteiger partial charge < -0.3 is 9.80 Å². The predicted octanol–water partition coefficient (Wildman–Crippen LogP) is 4.09. The van der Waals surface area contributed by atoms with E-state index in [1.807, 2.05) is 0 Å². The smallest absolute Gasteiger partial charge is 0.206 e. The molecule has 2 fully saturated rings. The second-order valence-electron chi connectivity index (χ2n) is 8.66. The lowest BCUT2D eigenvalue weighted by molar-refractivity contribution is 0.249. The second-order valence-corrected chi connectivity index (χ2v) is 8.66. The van der Waals surface area contributed by atoms with E-state index in [4.69, 9.17) is 0 Å². The molecule has 0 aromatic heterocycles. The Balaban J connectivity index is 1.52. The number of hydrogen-bond acceptors (Lipinski definition) is 4. The van der Waals surface area contributed by atoms with Gasteiger partial charge in [0, 0.05) is 57.1 Å². The molecule has 0 saturated carbocycles. The van der Waals surface area contributed by atoms with Gasteiger partial charge in [-0.3, -0.25) is 9.69 Å². The van der Waals surface area contributed by atoms with Gasteiger partial charge in [-0.25, -0.2) is 0 Å². The van der Waals surface area contributed by atoms with E-state index >= 15 is 0 Å². The minimum atomic E-state index is 0.226. The van der Waals surface area contributed by atoms with Crippen LogP contribution in [0.1, 0.15) is 43.7 Å². The van der Waals surface area contributed by atoms with Crippen LogP contribution in [0.5, 0.6) is 0 Å². The summed E-state index contributed by atoms with van der Waals surface area (Å²) in [5, 5.41) is 0. The molecule has 4 heteroatoms. The summed E-state index contributed by atoms with van der Waals surface area (Å²) >= 11 is 0. The molecule has 154 valence electrons. The van der Waals surface area contributed by atoms with Crippen LogP contribution in [0.15, 0.2) is 53.3 Å². The molecule has 0 aliphatic carbocycles. The summed E-state index contributed by atoms with van der Waals surface area (Å²) in [5.41, 5.74) is 4.62. The minimum absolute atomic E-state index is 0.226. The molecule has 0 atom stereocenters. The molecule has 0 amide bonds. The lowest BCUT2D eigenvalue weighted by atomic mass is 10.1. The van der Waals surface area contributed by atoms with E-state index in [9.17, 15) is 4.79 Å². The maximum atomic E-state index is 13.4. The highest BCUT2D eigenvalue weighted by Gasteiger charge is 2.21. The molecule has 2 heterocycles. The number of para-hydroxylation sites is 1. The number of piperazine rings is 1. The van der Waals surface area contributed by atoms with E-state index in [0.717, 1.165) is 57.1 Å². The Labute approximate surface area is 174 Å². The third-order valence-corrected chi connectivity index (χ3v) is 6.31. The average molecular weight is 392 g/mol. The van der Waals surface area contributed by atoms with E-state index in [0.29, 0.717) is 5.92 Å². The van der Waals surface area contributed by atoms with Crippen molar-refractivity contribution in [3.05, 3.63) is 69.9 Å². The maximum absolute atomic E-state index is 13.4. The molecule has 4 rings (SSSR count). The Morgan fingerprint density at radius 2 is 1.52 bits per heavy atom. The van der Waals surface area contributed by atoms with Gasteiger partial charge >= 0.3 is 0 Å². The predicted molar refractivity (Wildman–Crippen MR) is 122 cm³/mol. The molecule has 29 heavy (non-hydrogen) atoms. The maximum Gasteiger partial charge on any atom is 0.206 e. The van der Waals surface area contributed by atoms with Gasteiger partial charge in [0.05, 0.1) is 5.69 Å². The summed E-state index contributed by atoms with van der Waals surface area (Å²) in [6, 6.07) is 17.0. The van der Waals surface area contributed by atoms with Crippen molar-refractivity contribution in [2.45, 2.75) is 39.2 Å². The quantitative estimate of drug-likeness (QED) is 0.767. The fourth-order valence-electron chi connectivity index (χ4n) is 4.43. The average Bonchev–Trinajstić information content (AvgIpc) is 3.22. The van der Waals surface area contributed by atoms with E-state index in [-0.39, 0.29) is 5.43 Å². The van der Waals surface area contributed by atoms with Crippen LogP contribution in [0.3, 0.4) is 0 Å². The van der Waals surface area contributed by atoms with Crippen molar-refractivity contribution in [2.75, 3.05) is 49.1 Å². The molecule has 2 aliphatic heterocycles. The first-order chi connectivity index (χ1) is 14.1. The Morgan fingerprint density at radius 1 is 0.828 bits per heavy atom. The number of rotatable bonds is 5. The van der Waals surface area contributed by atoms with Crippen LogP contribution >= 0.6 is 0 Å². The van der Waals surface area contributed by atoms with Crippen molar-refractivity contribution in [2.24, 2.45) is 0 Å². The SMILES string of the molecule is CC(C)c1ccc(CN2CCN(c3ccccc3)CC2)c(=O)c(N2CCCC2)c1. The van der Waals surface area contributed by atoms with E-state index < -0.39 is 0 Å². The van der Waals surface area contributed by atoms with Crippen LogP contribution in [-0.4, -0.2) is 44.2 Å². The van der Waals surface area contributed by atoms with E-state index in [2.05, 4.69) is 77.1 Å². The van der Waals surface area contributed by atoms with Gasteiger partial charge in [0.2, 0.25) is 5.43 Å². The van der Waals surface area contributed by atoms with Crippen molar-refractivity contribution in [3.8, 4) is 0 Å². The highest BCUT2D eigenvalue weighted by molar-refractivity contribution is 5.51. The normalized spacial score (nSPS) is 17.9. The number of hydrogen-bond donors (Lipinski definition) is 0. The molecule has 2 aliphatic rings. The van der Waals surface area contributed by atoms with Gasteiger partial charge in [-0.15, -0.1) is 0 Å². The summed E-state index contributed by atoms with van der Waals surface area (Å²) < 4.78 is 0. The van der Waals surface area contributed by atoms with Crippen LogP contribution in [0.2, 0.25) is 0 Å². The first kappa shape index (κ1) is 20.0. The molecule has 0 bridgehead atoms. The molecular weight excluding hydrogens is 358 g/mol. The lowest BCUT2D eigenvalue weighted by Gasteiger charge is -2.36. The molecular formula is C25H33N3O. The fraction of sp³-hybridized carbons (Fsp3) is 0.480. The van der Waals surface area contributed by atoms with Crippen LogP contribution in [0.25, 0.3) is 0 Å². The first-order valence-corrected chi connectivity index (χ1v) is 11.1. The number of nitrogens with zero attached hydrogens (tertiary/aromatic N) is 3. The standard InChI is InChI=1S/C25H33N3O/c1-20(2)21-10-11-22(25(29)24(18-21)28-12-6-7-13-28)19-26-14-16-27(17-15-26)23-8-4-3-5-9-23/h3-5,8-11,18,20H,6-7,12-17,19H2,1-2H3. The first-order valence-electron chi connectivity index (χ1n) is 11.1. The van der Waals surface area contributed by atoms with Gasteiger partial charge in [-0.2, -0.15) is 0 Å². The van der Waals surface area contributed by atoms with Crippen molar-refractivity contribution in [3.63, 3.8) is 0 Å². The zero-order valence-corrected chi connectivity index (χ0v) is 17.8.